The van der Waals surface area contributed by atoms with Crippen LogP contribution in [0.15, 0.2) is 0 Å². The maximum atomic E-state index is 2.55. The van der Waals surface area contributed by atoms with Gasteiger partial charge in [-0.2, -0.15) is 0 Å². The van der Waals surface area contributed by atoms with Gasteiger partial charge in [-0.3, -0.25) is 0 Å². The molecule has 1 aliphatic heterocycles. The molecule has 0 N–H and O–H groups in total. The molecule has 2 atom stereocenters. The van der Waals surface area contributed by atoms with Crippen LogP contribution in [0.4, 0.5) is 0 Å². The van der Waals surface area contributed by atoms with E-state index in [1.54, 1.807) is 0 Å². The maximum absolute atomic E-state index is 2.55. The van der Waals surface area contributed by atoms with Crippen molar-refractivity contribution in [3.63, 3.8) is 0 Å². The van der Waals surface area contributed by atoms with Crippen LogP contribution >= 0.6 is 0 Å². The molecule has 46 valence electrons. The molecule has 1 aliphatic carbocycles. The fourth-order valence-corrected chi connectivity index (χ4v) is 1.75. The van der Waals surface area contributed by atoms with E-state index in [0.29, 0.717) is 0 Å². The van der Waals surface area contributed by atoms with Crippen LogP contribution in [0.2, 0.25) is 0 Å². The maximum Gasteiger partial charge on any atom is 0.00129 e. The van der Waals surface area contributed by atoms with Gasteiger partial charge in [-0.15, -0.1) is 0 Å². The molecule has 1 heteroatoms. The SMILES string of the molecule is CCN1CC2CC2C1. The molecule has 0 aromatic heterocycles. The first-order valence-electron chi connectivity index (χ1n) is 3.62. The number of likely N-dealkylation sites (tertiary alicyclic amines) is 1. The summed E-state index contributed by atoms with van der Waals surface area (Å²) in [6.45, 7) is 6.33. The first kappa shape index (κ1) is 4.80. The molecule has 1 saturated heterocycles. The summed E-state index contributed by atoms with van der Waals surface area (Å²) in [7, 11) is 0. The lowest BCUT2D eigenvalue weighted by Crippen LogP contribution is -2.21. The smallest absolute Gasteiger partial charge is 0.00129 e. The minimum atomic E-state index is 1.12. The number of fused-ring (bicyclic) bond motifs is 1. The number of rotatable bonds is 1. The van der Waals surface area contributed by atoms with Crippen molar-refractivity contribution >= 4 is 0 Å². The van der Waals surface area contributed by atoms with Crippen LogP contribution in [0.3, 0.4) is 0 Å². The van der Waals surface area contributed by atoms with Crippen LogP contribution in [0.1, 0.15) is 13.3 Å². The topological polar surface area (TPSA) is 3.24 Å². The van der Waals surface area contributed by atoms with Crippen molar-refractivity contribution in [1.29, 1.82) is 0 Å². The van der Waals surface area contributed by atoms with Gasteiger partial charge in [0.15, 0.2) is 0 Å². The lowest BCUT2D eigenvalue weighted by atomic mass is 10.4. The summed E-state index contributed by atoms with van der Waals surface area (Å²) in [5.41, 5.74) is 0. The van der Waals surface area contributed by atoms with Crippen LogP contribution in [-0.2, 0) is 0 Å². The third-order valence-electron chi connectivity index (χ3n) is 2.50. The van der Waals surface area contributed by atoms with Crippen molar-refractivity contribution in [2.24, 2.45) is 11.8 Å². The van der Waals surface area contributed by atoms with Gasteiger partial charge in [0.2, 0.25) is 0 Å². The quantitative estimate of drug-likeness (QED) is 0.487. The molecule has 8 heavy (non-hydrogen) atoms. The number of piperidine rings is 1. The average Bonchev–Trinajstić information content (AvgIpc) is 2.40. The van der Waals surface area contributed by atoms with E-state index in [-0.39, 0.29) is 0 Å². The normalized spacial score (nSPS) is 44.6. The largest absolute Gasteiger partial charge is 0.303 e. The molecule has 1 saturated carbocycles. The highest BCUT2D eigenvalue weighted by atomic mass is 15.2. The van der Waals surface area contributed by atoms with Crippen LogP contribution in [0.5, 0.6) is 0 Å². The first-order valence-corrected chi connectivity index (χ1v) is 3.62. The van der Waals surface area contributed by atoms with Gasteiger partial charge >= 0.3 is 0 Å². The Labute approximate surface area is 50.7 Å². The Morgan fingerprint density at radius 2 is 2.00 bits per heavy atom. The molecule has 0 aromatic rings. The molecule has 0 bridgehead atoms. The summed E-state index contributed by atoms with van der Waals surface area (Å²) in [5.74, 6) is 2.24. The molecule has 0 spiro atoms. The van der Waals surface area contributed by atoms with Crippen molar-refractivity contribution < 1.29 is 0 Å². The van der Waals surface area contributed by atoms with Gasteiger partial charge in [-0.05, 0) is 24.8 Å². The molecule has 2 unspecified atom stereocenters. The highest BCUT2D eigenvalue weighted by Gasteiger charge is 2.44. The van der Waals surface area contributed by atoms with E-state index >= 15 is 0 Å². The van der Waals surface area contributed by atoms with Gasteiger partial charge in [-0.1, -0.05) is 6.92 Å². The summed E-state index contributed by atoms with van der Waals surface area (Å²) in [4.78, 5) is 2.55. The second-order valence-corrected chi connectivity index (χ2v) is 3.11. The molecule has 0 aromatic carbocycles. The zero-order valence-electron chi connectivity index (χ0n) is 5.43. The highest BCUT2D eigenvalue weighted by Crippen LogP contribution is 2.44. The predicted octanol–water partition coefficient (Wildman–Crippen LogP) is 0.958. The lowest BCUT2D eigenvalue weighted by Gasteiger charge is -2.12. The first-order chi connectivity index (χ1) is 3.90. The molecule has 1 nitrogen and oxygen atoms in total. The van der Waals surface area contributed by atoms with Crippen LogP contribution in [-0.4, -0.2) is 24.5 Å². The molecule has 0 amide bonds. The van der Waals surface area contributed by atoms with Crippen LogP contribution < -0.4 is 0 Å². The fraction of sp³-hybridized carbons (Fsp3) is 1.00. The average molecular weight is 111 g/mol. The fourth-order valence-electron chi connectivity index (χ4n) is 1.75. The van der Waals surface area contributed by atoms with E-state index in [1.807, 2.05) is 0 Å². The second-order valence-electron chi connectivity index (χ2n) is 3.11. The Balaban J connectivity index is 1.89. The van der Waals surface area contributed by atoms with Gasteiger partial charge in [0.1, 0.15) is 0 Å². The van der Waals surface area contributed by atoms with E-state index in [0.717, 1.165) is 11.8 Å². The zero-order chi connectivity index (χ0) is 5.56. The van der Waals surface area contributed by atoms with E-state index < -0.39 is 0 Å². The predicted molar refractivity (Wildman–Crippen MR) is 33.7 cm³/mol. The van der Waals surface area contributed by atoms with Gasteiger partial charge in [0.05, 0.1) is 0 Å². The van der Waals surface area contributed by atoms with Crippen molar-refractivity contribution in [3.8, 4) is 0 Å². The van der Waals surface area contributed by atoms with Gasteiger partial charge in [0, 0.05) is 13.1 Å². The van der Waals surface area contributed by atoms with Crippen molar-refractivity contribution in [2.45, 2.75) is 13.3 Å². The molecule has 1 heterocycles. The Bertz CT molecular complexity index is 90.6. The monoisotopic (exact) mass is 111 g/mol. The van der Waals surface area contributed by atoms with Gasteiger partial charge < -0.3 is 4.90 Å². The van der Waals surface area contributed by atoms with Crippen LogP contribution in [0.25, 0.3) is 0 Å². The minimum absolute atomic E-state index is 1.12. The highest BCUT2D eigenvalue weighted by molar-refractivity contribution is 4.96. The number of hydrogen-bond donors (Lipinski definition) is 0. The number of nitrogens with zero attached hydrogens (tertiary/aromatic N) is 1. The van der Waals surface area contributed by atoms with Crippen molar-refractivity contribution in [1.82, 2.24) is 4.90 Å². The Kier molecular flexibility index (Phi) is 0.884. The van der Waals surface area contributed by atoms with E-state index in [4.69, 9.17) is 0 Å². The van der Waals surface area contributed by atoms with Crippen molar-refractivity contribution in [2.75, 3.05) is 19.6 Å². The second kappa shape index (κ2) is 1.47. The van der Waals surface area contributed by atoms with Gasteiger partial charge in [-0.25, -0.2) is 0 Å². The molecular weight excluding hydrogens is 98.1 g/mol. The lowest BCUT2D eigenvalue weighted by molar-refractivity contribution is 0.322. The molecule has 2 rings (SSSR count). The summed E-state index contributed by atoms with van der Waals surface area (Å²) in [6.07, 6.45) is 1.54. The molecular formula is C7H13N. The summed E-state index contributed by atoms with van der Waals surface area (Å²) in [5, 5.41) is 0. The summed E-state index contributed by atoms with van der Waals surface area (Å²) < 4.78 is 0. The Morgan fingerprint density at radius 1 is 1.38 bits per heavy atom. The van der Waals surface area contributed by atoms with E-state index in [2.05, 4.69) is 11.8 Å². The molecule has 0 radical (unpaired) electrons. The van der Waals surface area contributed by atoms with Crippen molar-refractivity contribution in [3.05, 3.63) is 0 Å². The molecule has 2 aliphatic rings. The molecule has 2 fully saturated rings. The zero-order valence-corrected chi connectivity index (χ0v) is 5.43. The van der Waals surface area contributed by atoms with E-state index in [9.17, 15) is 0 Å². The third kappa shape index (κ3) is 0.576. The third-order valence-corrected chi connectivity index (χ3v) is 2.50. The Hall–Kier alpha value is -0.0400. The van der Waals surface area contributed by atoms with Gasteiger partial charge in [0.25, 0.3) is 0 Å². The summed E-state index contributed by atoms with van der Waals surface area (Å²) in [6, 6.07) is 0. The van der Waals surface area contributed by atoms with Crippen LogP contribution in [0, 0.1) is 11.8 Å². The Morgan fingerprint density at radius 3 is 2.38 bits per heavy atom. The number of hydrogen-bond acceptors (Lipinski definition) is 1. The van der Waals surface area contributed by atoms with E-state index in [1.165, 1.54) is 26.1 Å². The minimum Gasteiger partial charge on any atom is -0.303 e. The summed E-state index contributed by atoms with van der Waals surface area (Å²) >= 11 is 0. The standard InChI is InChI=1S/C7H13N/c1-2-8-4-6-3-7(6)5-8/h6-7H,2-5H2,1H3.